The molecule has 1 rings (SSSR count). The molecule has 13 heavy (non-hydrogen) atoms. The molecule has 1 radical (unpaired) electrons. The van der Waals surface area contributed by atoms with Gasteiger partial charge < -0.3 is 4.74 Å². The lowest BCUT2D eigenvalue weighted by Crippen LogP contribution is -2.19. The molecule has 0 atom stereocenters. The molecule has 0 fully saturated rings. The summed E-state index contributed by atoms with van der Waals surface area (Å²) in [6.45, 7) is 2.18. The van der Waals surface area contributed by atoms with Gasteiger partial charge in [0.15, 0.2) is 6.61 Å². The first-order valence-corrected chi connectivity index (χ1v) is 3.45. The number of halogens is 3. The van der Waals surface area contributed by atoms with E-state index in [2.05, 4.69) is 16.6 Å². The maximum Gasteiger partial charge on any atom is 0.422 e. The molecule has 0 unspecified atom stereocenters. The predicted molar refractivity (Wildman–Crippen MR) is 40.2 cm³/mol. The van der Waals surface area contributed by atoms with E-state index in [-0.39, 0.29) is 5.75 Å². The zero-order valence-corrected chi connectivity index (χ0v) is 6.64. The summed E-state index contributed by atoms with van der Waals surface area (Å²) >= 11 is 0. The van der Waals surface area contributed by atoms with E-state index in [1.165, 1.54) is 18.3 Å². The van der Waals surface area contributed by atoms with E-state index < -0.39 is 12.8 Å². The summed E-state index contributed by atoms with van der Waals surface area (Å²) in [7, 11) is 0. The van der Waals surface area contributed by atoms with Crippen LogP contribution in [0.4, 0.5) is 13.2 Å². The van der Waals surface area contributed by atoms with Crippen LogP contribution in [0.25, 0.3) is 0 Å². The number of nitrogens with zero attached hydrogens (tertiary/aromatic N) is 1. The van der Waals surface area contributed by atoms with Gasteiger partial charge in [-0.05, 0) is 19.1 Å². The fourth-order valence-corrected chi connectivity index (χ4v) is 0.661. The second kappa shape index (κ2) is 3.64. The van der Waals surface area contributed by atoms with Crippen LogP contribution in [-0.4, -0.2) is 17.8 Å². The molecule has 1 heterocycles. The van der Waals surface area contributed by atoms with Crippen molar-refractivity contribution in [1.29, 1.82) is 0 Å². The maximum atomic E-state index is 11.7. The number of aromatic nitrogens is 1. The highest BCUT2D eigenvalue weighted by Gasteiger charge is 2.28. The SMILES string of the molecule is [CH2]c1ccc(OCC(F)(F)F)cn1. The van der Waals surface area contributed by atoms with Crippen molar-refractivity contribution in [2.75, 3.05) is 6.61 Å². The summed E-state index contributed by atoms with van der Waals surface area (Å²) in [6, 6.07) is 2.87. The Labute approximate surface area is 73.4 Å². The molecule has 0 saturated carbocycles. The second-order valence-electron chi connectivity index (χ2n) is 2.39. The fraction of sp³-hybridized carbons (Fsp3) is 0.250. The molecule has 0 saturated heterocycles. The Balaban J connectivity index is 2.51. The van der Waals surface area contributed by atoms with E-state index in [0.29, 0.717) is 5.69 Å². The number of alkyl halides is 3. The molecule has 5 heteroatoms. The van der Waals surface area contributed by atoms with Gasteiger partial charge in [-0.25, -0.2) is 0 Å². The van der Waals surface area contributed by atoms with Gasteiger partial charge in [-0.15, -0.1) is 0 Å². The summed E-state index contributed by atoms with van der Waals surface area (Å²) in [6.07, 6.45) is -3.11. The van der Waals surface area contributed by atoms with Crippen LogP contribution < -0.4 is 4.74 Å². The molecule has 0 bridgehead atoms. The minimum atomic E-state index is -4.32. The molecule has 1 aromatic heterocycles. The van der Waals surface area contributed by atoms with E-state index in [0.717, 1.165) is 0 Å². The highest BCUT2D eigenvalue weighted by molar-refractivity contribution is 5.20. The second-order valence-corrected chi connectivity index (χ2v) is 2.39. The molecule has 2 nitrogen and oxygen atoms in total. The normalized spacial score (nSPS) is 11.4. The van der Waals surface area contributed by atoms with Crippen LogP contribution >= 0.6 is 0 Å². The van der Waals surface area contributed by atoms with Gasteiger partial charge in [0.25, 0.3) is 0 Å². The van der Waals surface area contributed by atoms with Crippen molar-refractivity contribution in [2.45, 2.75) is 6.18 Å². The Morgan fingerprint density at radius 1 is 1.38 bits per heavy atom. The molecule has 71 valence electrons. The van der Waals surface area contributed by atoms with Crippen molar-refractivity contribution < 1.29 is 17.9 Å². The van der Waals surface area contributed by atoms with E-state index in [4.69, 9.17) is 0 Å². The van der Waals surface area contributed by atoms with Gasteiger partial charge in [-0.3, -0.25) is 4.98 Å². The molecule has 0 spiro atoms. The van der Waals surface area contributed by atoms with E-state index in [9.17, 15) is 13.2 Å². The third-order valence-corrected chi connectivity index (χ3v) is 1.20. The standard InChI is InChI=1S/C8H7F3NO/c1-6-2-3-7(4-12-6)13-5-8(9,10)11/h2-4H,1,5H2. The number of rotatable bonds is 2. The van der Waals surface area contributed by atoms with Crippen molar-refractivity contribution >= 4 is 0 Å². The Morgan fingerprint density at radius 2 is 2.08 bits per heavy atom. The van der Waals surface area contributed by atoms with E-state index in [1.54, 1.807) is 0 Å². The van der Waals surface area contributed by atoms with Crippen LogP contribution in [-0.2, 0) is 0 Å². The average Bonchev–Trinajstić information content (AvgIpc) is 2.02. The zero-order chi connectivity index (χ0) is 9.90. The highest BCUT2D eigenvalue weighted by Crippen LogP contribution is 2.17. The van der Waals surface area contributed by atoms with Gasteiger partial charge in [0, 0.05) is 5.69 Å². The van der Waals surface area contributed by atoms with E-state index in [1.807, 2.05) is 0 Å². The molecule has 0 aliphatic heterocycles. The summed E-state index contributed by atoms with van der Waals surface area (Å²) < 4.78 is 39.4. The minimum Gasteiger partial charge on any atom is -0.483 e. The third-order valence-electron chi connectivity index (χ3n) is 1.20. The van der Waals surface area contributed by atoms with Crippen molar-refractivity contribution in [2.24, 2.45) is 0 Å². The molecular weight excluding hydrogens is 183 g/mol. The lowest BCUT2D eigenvalue weighted by Gasteiger charge is -2.08. The largest absolute Gasteiger partial charge is 0.483 e. The lowest BCUT2D eigenvalue weighted by atomic mass is 10.4. The van der Waals surface area contributed by atoms with Crippen LogP contribution in [0, 0.1) is 6.92 Å². The van der Waals surface area contributed by atoms with Crippen LogP contribution in [0.5, 0.6) is 5.75 Å². The van der Waals surface area contributed by atoms with Crippen molar-refractivity contribution in [3.05, 3.63) is 30.9 Å². The highest BCUT2D eigenvalue weighted by atomic mass is 19.4. The topological polar surface area (TPSA) is 22.1 Å². The number of ether oxygens (including phenoxy) is 1. The van der Waals surface area contributed by atoms with Crippen LogP contribution in [0.15, 0.2) is 18.3 Å². The first kappa shape index (κ1) is 9.83. The third kappa shape index (κ3) is 3.78. The first-order valence-electron chi connectivity index (χ1n) is 3.45. The molecule has 0 aliphatic rings. The van der Waals surface area contributed by atoms with Crippen LogP contribution in [0.2, 0.25) is 0 Å². The van der Waals surface area contributed by atoms with Gasteiger partial charge in [0.2, 0.25) is 0 Å². The Kier molecular flexibility index (Phi) is 2.75. The average molecular weight is 190 g/mol. The molecular formula is C8H7F3NO. The summed E-state index contributed by atoms with van der Waals surface area (Å²) in [5, 5.41) is 0. The number of hydrogen-bond acceptors (Lipinski definition) is 2. The number of hydrogen-bond donors (Lipinski definition) is 0. The maximum absolute atomic E-state index is 11.7. The van der Waals surface area contributed by atoms with Crippen molar-refractivity contribution in [3.8, 4) is 5.75 Å². The van der Waals surface area contributed by atoms with Crippen LogP contribution in [0.1, 0.15) is 5.69 Å². The van der Waals surface area contributed by atoms with Gasteiger partial charge >= 0.3 is 6.18 Å². The molecule has 0 aromatic carbocycles. The Bertz CT molecular complexity index is 268. The smallest absolute Gasteiger partial charge is 0.422 e. The predicted octanol–water partition coefficient (Wildman–Crippen LogP) is 2.20. The van der Waals surface area contributed by atoms with Gasteiger partial charge in [-0.1, -0.05) is 0 Å². The monoisotopic (exact) mass is 190 g/mol. The number of pyridine rings is 1. The summed E-state index contributed by atoms with van der Waals surface area (Å²) in [4.78, 5) is 3.68. The minimum absolute atomic E-state index is 0.0877. The molecule has 1 aromatic rings. The quantitative estimate of drug-likeness (QED) is 0.713. The summed E-state index contributed by atoms with van der Waals surface area (Å²) in [5.74, 6) is 0.0877. The Morgan fingerprint density at radius 3 is 2.54 bits per heavy atom. The van der Waals surface area contributed by atoms with Crippen LogP contribution in [0.3, 0.4) is 0 Å². The fourth-order valence-electron chi connectivity index (χ4n) is 0.661. The summed E-state index contributed by atoms with van der Waals surface area (Å²) in [5.41, 5.74) is 0.486. The van der Waals surface area contributed by atoms with Gasteiger partial charge in [0.05, 0.1) is 6.20 Å². The van der Waals surface area contributed by atoms with E-state index >= 15 is 0 Å². The van der Waals surface area contributed by atoms with Crippen molar-refractivity contribution in [3.63, 3.8) is 0 Å². The zero-order valence-electron chi connectivity index (χ0n) is 6.64. The first-order chi connectivity index (χ1) is 5.97. The Hall–Kier alpha value is -1.26. The van der Waals surface area contributed by atoms with Gasteiger partial charge in [-0.2, -0.15) is 13.2 Å². The van der Waals surface area contributed by atoms with Crippen molar-refractivity contribution in [1.82, 2.24) is 4.98 Å². The lowest BCUT2D eigenvalue weighted by molar-refractivity contribution is -0.153. The molecule has 0 amide bonds. The molecule has 0 N–H and O–H groups in total. The van der Waals surface area contributed by atoms with Gasteiger partial charge in [0.1, 0.15) is 5.75 Å². The molecule has 0 aliphatic carbocycles.